The number of hydrogen-bond acceptors (Lipinski definition) is 6. The Morgan fingerprint density at radius 2 is 1.70 bits per heavy atom. The Kier molecular flexibility index (Phi) is 10.7. The van der Waals surface area contributed by atoms with Crippen LogP contribution in [-0.4, -0.2) is 60.5 Å². The van der Waals surface area contributed by atoms with Crippen LogP contribution in [0, 0.1) is 5.82 Å². The molecule has 0 spiro atoms. The number of nitrogens with two attached hydrogens (primary N) is 1. The summed E-state index contributed by atoms with van der Waals surface area (Å²) in [5.74, 6) is 0.129. The predicted octanol–water partition coefficient (Wildman–Crippen LogP) is 3.54. The zero-order valence-electron chi connectivity index (χ0n) is 22.1. The number of carbonyl (C=O) groups is 2. The van der Waals surface area contributed by atoms with Crippen molar-refractivity contribution in [3.8, 4) is 0 Å². The van der Waals surface area contributed by atoms with Gasteiger partial charge < -0.3 is 26.2 Å². The van der Waals surface area contributed by atoms with Crippen LogP contribution in [0.3, 0.4) is 0 Å². The van der Waals surface area contributed by atoms with Crippen molar-refractivity contribution in [2.45, 2.75) is 32.0 Å². The lowest BCUT2D eigenvalue weighted by Gasteiger charge is -2.37. The highest BCUT2D eigenvalue weighted by Gasteiger charge is 2.30. The van der Waals surface area contributed by atoms with Crippen LogP contribution in [0.5, 0.6) is 0 Å². The normalized spacial score (nSPS) is 14.2. The van der Waals surface area contributed by atoms with Crippen LogP contribution in [0.4, 0.5) is 10.2 Å². The molecule has 8 nitrogen and oxygen atoms in total. The van der Waals surface area contributed by atoms with Gasteiger partial charge in [-0.1, -0.05) is 53.5 Å². The van der Waals surface area contributed by atoms with E-state index in [1.807, 2.05) is 18.2 Å². The van der Waals surface area contributed by atoms with Crippen molar-refractivity contribution in [3.05, 3.63) is 93.3 Å². The molecule has 212 valence electrons. The summed E-state index contributed by atoms with van der Waals surface area (Å²) >= 11 is 12.4. The standard InChI is InChI=1S/C29H33Cl2FN6O2/c30-23-8-7-20(24(31)17-23)16-26(36-27(39)9-10-33)29(40)38-14-12-37(13-15-38)28-22(5-3-11-35-28)19-34-18-21-4-1-2-6-25(21)32/h1-8,11,17,26,34H,9-10,12-16,18-19,33H2,(H,36,39)/t26-/m1/s1. The number of anilines is 1. The number of piperazine rings is 1. The van der Waals surface area contributed by atoms with E-state index >= 15 is 0 Å². The van der Waals surface area contributed by atoms with E-state index in [1.54, 1.807) is 41.4 Å². The Morgan fingerprint density at radius 3 is 2.42 bits per heavy atom. The Bertz CT molecular complexity index is 1320. The molecular formula is C29H33Cl2FN6O2. The number of benzene rings is 2. The van der Waals surface area contributed by atoms with Gasteiger partial charge in [-0.15, -0.1) is 0 Å². The summed E-state index contributed by atoms with van der Waals surface area (Å²) in [5.41, 5.74) is 7.86. The van der Waals surface area contributed by atoms with Gasteiger partial charge in [0.2, 0.25) is 11.8 Å². The van der Waals surface area contributed by atoms with Crippen molar-refractivity contribution in [1.29, 1.82) is 0 Å². The van der Waals surface area contributed by atoms with Gasteiger partial charge in [0.1, 0.15) is 17.7 Å². The van der Waals surface area contributed by atoms with Gasteiger partial charge in [-0.3, -0.25) is 9.59 Å². The monoisotopic (exact) mass is 586 g/mol. The zero-order valence-corrected chi connectivity index (χ0v) is 23.6. The molecule has 3 aromatic rings. The Balaban J connectivity index is 1.39. The van der Waals surface area contributed by atoms with Crippen LogP contribution in [0.25, 0.3) is 0 Å². The van der Waals surface area contributed by atoms with Crippen LogP contribution in [0.1, 0.15) is 23.1 Å². The van der Waals surface area contributed by atoms with Gasteiger partial charge in [-0.25, -0.2) is 9.37 Å². The molecule has 2 aromatic carbocycles. The third kappa shape index (κ3) is 7.91. The maximum Gasteiger partial charge on any atom is 0.245 e. The zero-order chi connectivity index (χ0) is 28.5. The summed E-state index contributed by atoms with van der Waals surface area (Å²) in [4.78, 5) is 34.4. The van der Waals surface area contributed by atoms with Crippen molar-refractivity contribution in [3.63, 3.8) is 0 Å². The van der Waals surface area contributed by atoms with Crippen molar-refractivity contribution >= 4 is 40.8 Å². The van der Waals surface area contributed by atoms with Gasteiger partial charge in [-0.05, 0) is 29.8 Å². The first-order valence-electron chi connectivity index (χ1n) is 13.2. The number of halogens is 3. The third-order valence-corrected chi connectivity index (χ3v) is 7.38. The second-order valence-electron chi connectivity index (χ2n) is 9.59. The van der Waals surface area contributed by atoms with Gasteiger partial charge in [-0.2, -0.15) is 0 Å². The minimum atomic E-state index is -0.780. The Hall–Kier alpha value is -3.24. The fourth-order valence-electron chi connectivity index (χ4n) is 4.69. The van der Waals surface area contributed by atoms with Crippen molar-refractivity contribution in [1.82, 2.24) is 20.5 Å². The van der Waals surface area contributed by atoms with Crippen molar-refractivity contribution in [2.75, 3.05) is 37.6 Å². The maximum absolute atomic E-state index is 14.0. The number of carbonyl (C=O) groups excluding carboxylic acids is 2. The quantitative estimate of drug-likeness (QED) is 0.317. The van der Waals surface area contributed by atoms with E-state index in [0.717, 1.165) is 16.9 Å². The SMILES string of the molecule is NCCC(=O)N[C@H](Cc1ccc(Cl)cc1Cl)C(=O)N1CCN(c2ncccc2CNCc2ccccc2F)CC1. The summed E-state index contributed by atoms with van der Waals surface area (Å²) in [6.07, 6.45) is 2.11. The van der Waals surface area contributed by atoms with Crippen LogP contribution >= 0.6 is 23.2 Å². The van der Waals surface area contributed by atoms with E-state index < -0.39 is 6.04 Å². The molecule has 1 atom stereocenters. The topological polar surface area (TPSA) is 104 Å². The van der Waals surface area contributed by atoms with Crippen molar-refractivity contribution < 1.29 is 14.0 Å². The highest BCUT2D eigenvalue weighted by Crippen LogP contribution is 2.24. The predicted molar refractivity (Wildman–Crippen MR) is 156 cm³/mol. The van der Waals surface area contributed by atoms with Crippen LogP contribution in [0.15, 0.2) is 60.8 Å². The summed E-state index contributed by atoms with van der Waals surface area (Å²) in [5, 5.41) is 7.07. The van der Waals surface area contributed by atoms with Gasteiger partial charge in [0, 0.05) is 86.0 Å². The average Bonchev–Trinajstić information content (AvgIpc) is 2.95. The Morgan fingerprint density at radius 1 is 0.975 bits per heavy atom. The van der Waals surface area contributed by atoms with Crippen LogP contribution in [0.2, 0.25) is 10.0 Å². The van der Waals surface area contributed by atoms with E-state index in [-0.39, 0.29) is 37.0 Å². The molecule has 2 amide bonds. The molecule has 1 aliphatic rings. The molecule has 2 heterocycles. The van der Waals surface area contributed by atoms with Gasteiger partial charge >= 0.3 is 0 Å². The highest BCUT2D eigenvalue weighted by atomic mass is 35.5. The first kappa shape index (κ1) is 29.7. The smallest absolute Gasteiger partial charge is 0.245 e. The maximum atomic E-state index is 14.0. The van der Waals surface area contributed by atoms with E-state index in [0.29, 0.717) is 54.9 Å². The van der Waals surface area contributed by atoms with E-state index in [2.05, 4.69) is 20.5 Å². The fourth-order valence-corrected chi connectivity index (χ4v) is 5.18. The average molecular weight is 588 g/mol. The molecule has 0 aliphatic carbocycles. The van der Waals surface area contributed by atoms with Gasteiger partial charge in [0.25, 0.3) is 0 Å². The highest BCUT2D eigenvalue weighted by molar-refractivity contribution is 6.35. The molecule has 11 heteroatoms. The van der Waals surface area contributed by atoms with E-state index in [9.17, 15) is 14.0 Å². The van der Waals surface area contributed by atoms with Crippen LogP contribution in [-0.2, 0) is 29.1 Å². The molecule has 0 unspecified atom stereocenters. The van der Waals surface area contributed by atoms with E-state index in [1.165, 1.54) is 6.07 Å². The van der Waals surface area contributed by atoms with Gasteiger partial charge in [0.15, 0.2) is 0 Å². The molecule has 1 aromatic heterocycles. The molecule has 40 heavy (non-hydrogen) atoms. The first-order valence-corrected chi connectivity index (χ1v) is 14.0. The minimum Gasteiger partial charge on any atom is -0.353 e. The lowest BCUT2D eigenvalue weighted by molar-refractivity contribution is -0.136. The van der Waals surface area contributed by atoms with Crippen molar-refractivity contribution in [2.24, 2.45) is 5.73 Å². The number of nitrogens with zero attached hydrogens (tertiary/aromatic N) is 3. The first-order chi connectivity index (χ1) is 19.4. The van der Waals surface area contributed by atoms with E-state index in [4.69, 9.17) is 28.9 Å². The minimum absolute atomic E-state index is 0.124. The molecule has 4 N–H and O–H groups in total. The van der Waals surface area contributed by atoms with Gasteiger partial charge in [0.05, 0.1) is 0 Å². The summed E-state index contributed by atoms with van der Waals surface area (Å²) in [6.45, 7) is 3.20. The molecule has 0 radical (unpaired) electrons. The largest absolute Gasteiger partial charge is 0.353 e. The summed E-state index contributed by atoms with van der Waals surface area (Å²) in [6, 6.07) is 14.9. The number of hydrogen-bond donors (Lipinski definition) is 3. The number of nitrogens with one attached hydrogen (secondary N) is 2. The molecule has 0 bridgehead atoms. The number of aromatic nitrogens is 1. The molecule has 0 saturated carbocycles. The molecule has 1 fully saturated rings. The summed E-state index contributed by atoms with van der Waals surface area (Å²) in [7, 11) is 0. The number of amides is 2. The second-order valence-corrected chi connectivity index (χ2v) is 10.4. The number of pyridine rings is 1. The molecular weight excluding hydrogens is 554 g/mol. The third-order valence-electron chi connectivity index (χ3n) is 6.79. The number of rotatable bonds is 11. The summed E-state index contributed by atoms with van der Waals surface area (Å²) < 4.78 is 14.0. The fraction of sp³-hybridized carbons (Fsp3) is 0.345. The molecule has 1 aliphatic heterocycles. The Labute approximate surface area is 243 Å². The lowest BCUT2D eigenvalue weighted by atomic mass is 10.0. The molecule has 4 rings (SSSR count). The molecule has 1 saturated heterocycles. The lowest BCUT2D eigenvalue weighted by Crippen LogP contribution is -2.56. The second kappa shape index (κ2) is 14.4. The van der Waals surface area contributed by atoms with Crippen LogP contribution < -0.4 is 21.3 Å².